The van der Waals surface area contributed by atoms with Crippen LogP contribution in [0.4, 0.5) is 5.69 Å². The molecule has 11 heteroatoms. The molecule has 1 heterocycles. The average Bonchev–Trinajstić information content (AvgIpc) is 3.22. The van der Waals surface area contributed by atoms with Crippen LogP contribution in [0.15, 0.2) is 52.3 Å². The Kier molecular flexibility index (Phi) is 5.94. The first-order valence-electron chi connectivity index (χ1n) is 8.75. The molecule has 1 aliphatic rings. The van der Waals surface area contributed by atoms with Crippen LogP contribution in [-0.2, 0) is 20.0 Å². The second-order valence-corrected chi connectivity index (χ2v) is 9.97. The summed E-state index contributed by atoms with van der Waals surface area (Å²) >= 11 is 0. The first-order chi connectivity index (χ1) is 13.6. The van der Waals surface area contributed by atoms with E-state index in [4.69, 9.17) is 9.88 Å². The summed E-state index contributed by atoms with van der Waals surface area (Å²) in [7, 11) is -6.37. The monoisotopic (exact) mass is 439 g/mol. The van der Waals surface area contributed by atoms with Gasteiger partial charge in [0.05, 0.1) is 12.0 Å². The van der Waals surface area contributed by atoms with Gasteiger partial charge in [-0.05, 0) is 49.2 Å². The van der Waals surface area contributed by atoms with Crippen molar-refractivity contribution in [3.63, 3.8) is 0 Å². The van der Waals surface area contributed by atoms with E-state index in [1.54, 1.807) is 0 Å². The molecule has 1 amide bonds. The molecule has 9 nitrogen and oxygen atoms in total. The van der Waals surface area contributed by atoms with Gasteiger partial charge >= 0.3 is 0 Å². The van der Waals surface area contributed by atoms with Crippen molar-refractivity contribution in [1.29, 1.82) is 0 Å². The molecule has 0 saturated carbocycles. The van der Waals surface area contributed by atoms with E-state index in [-0.39, 0.29) is 26.8 Å². The summed E-state index contributed by atoms with van der Waals surface area (Å²) in [5.74, 6) is -0.457. The Morgan fingerprint density at radius 1 is 1.07 bits per heavy atom. The van der Waals surface area contributed by atoms with Crippen molar-refractivity contribution >= 4 is 31.6 Å². The van der Waals surface area contributed by atoms with Crippen LogP contribution in [0, 0.1) is 0 Å². The smallest absolute Gasteiger partial charge is 0.255 e. The Balaban J connectivity index is 1.92. The van der Waals surface area contributed by atoms with Crippen molar-refractivity contribution in [1.82, 2.24) is 4.31 Å². The number of rotatable bonds is 6. The Hall–Kier alpha value is -2.47. The molecular weight excluding hydrogens is 418 g/mol. The molecule has 29 heavy (non-hydrogen) atoms. The van der Waals surface area contributed by atoms with Gasteiger partial charge in [-0.1, -0.05) is 6.07 Å². The van der Waals surface area contributed by atoms with Gasteiger partial charge in [-0.15, -0.1) is 0 Å². The molecule has 156 valence electrons. The standard InChI is InChI=1S/C18H21N3O6S2/c1-27-16-8-7-13(11-17(16)29(25,26)21-9-2-3-10-21)18(22)20-14-5-4-6-15(12-14)28(19,23)24/h4-8,11-12H,2-3,9-10H2,1H3,(H,20,22)(H2,19,23,24). The number of primary sulfonamides is 1. The van der Waals surface area contributed by atoms with E-state index in [1.807, 2.05) is 0 Å². The van der Waals surface area contributed by atoms with Crippen LogP contribution >= 0.6 is 0 Å². The van der Waals surface area contributed by atoms with Gasteiger partial charge in [0, 0.05) is 24.3 Å². The lowest BCUT2D eigenvalue weighted by Crippen LogP contribution is -2.28. The number of carbonyl (C=O) groups excluding carboxylic acids is 1. The molecule has 3 rings (SSSR count). The largest absolute Gasteiger partial charge is 0.495 e. The van der Waals surface area contributed by atoms with Crippen LogP contribution in [0.1, 0.15) is 23.2 Å². The molecule has 0 radical (unpaired) electrons. The summed E-state index contributed by atoms with van der Waals surface area (Å²) in [4.78, 5) is 12.4. The lowest BCUT2D eigenvalue weighted by molar-refractivity contribution is 0.102. The Bertz CT molecular complexity index is 1140. The third kappa shape index (κ3) is 4.58. The number of anilines is 1. The molecule has 0 atom stereocenters. The fourth-order valence-electron chi connectivity index (χ4n) is 3.04. The minimum absolute atomic E-state index is 0.0876. The van der Waals surface area contributed by atoms with Gasteiger partial charge in [-0.3, -0.25) is 4.79 Å². The molecule has 0 aliphatic carbocycles. The van der Waals surface area contributed by atoms with E-state index in [9.17, 15) is 21.6 Å². The highest BCUT2D eigenvalue weighted by Crippen LogP contribution is 2.30. The lowest BCUT2D eigenvalue weighted by atomic mass is 10.2. The zero-order chi connectivity index (χ0) is 21.2. The second-order valence-electron chi connectivity index (χ2n) is 6.50. The number of hydrogen-bond acceptors (Lipinski definition) is 6. The summed E-state index contributed by atoms with van der Waals surface area (Å²) in [5, 5.41) is 7.65. The van der Waals surface area contributed by atoms with Gasteiger partial charge < -0.3 is 10.1 Å². The van der Waals surface area contributed by atoms with E-state index in [2.05, 4.69) is 5.32 Å². The van der Waals surface area contributed by atoms with Crippen LogP contribution < -0.4 is 15.2 Å². The molecule has 1 fully saturated rings. The third-order valence-electron chi connectivity index (χ3n) is 4.53. The number of amides is 1. The molecule has 0 aromatic heterocycles. The van der Waals surface area contributed by atoms with Gasteiger partial charge in [0.25, 0.3) is 5.91 Å². The number of carbonyl (C=O) groups is 1. The number of benzene rings is 2. The number of nitrogens with two attached hydrogens (primary N) is 1. The molecule has 0 unspecified atom stereocenters. The molecule has 0 spiro atoms. The van der Waals surface area contributed by atoms with Crippen LogP contribution in [0.5, 0.6) is 5.75 Å². The molecule has 1 aliphatic heterocycles. The maximum absolute atomic E-state index is 12.9. The number of sulfonamides is 2. The highest BCUT2D eigenvalue weighted by Gasteiger charge is 2.30. The fourth-order valence-corrected chi connectivity index (χ4v) is 5.30. The second kappa shape index (κ2) is 8.11. The minimum atomic E-state index is -3.92. The molecular formula is C18H21N3O6S2. The van der Waals surface area contributed by atoms with E-state index in [1.165, 1.54) is 53.9 Å². The highest BCUT2D eigenvalue weighted by atomic mass is 32.2. The fraction of sp³-hybridized carbons (Fsp3) is 0.278. The van der Waals surface area contributed by atoms with E-state index >= 15 is 0 Å². The van der Waals surface area contributed by atoms with Crippen LogP contribution in [0.2, 0.25) is 0 Å². The topological polar surface area (TPSA) is 136 Å². The predicted molar refractivity (Wildman–Crippen MR) is 107 cm³/mol. The Morgan fingerprint density at radius 2 is 1.76 bits per heavy atom. The van der Waals surface area contributed by atoms with Gasteiger partial charge in [-0.2, -0.15) is 4.31 Å². The van der Waals surface area contributed by atoms with E-state index in [0.29, 0.717) is 13.1 Å². The van der Waals surface area contributed by atoms with Crippen LogP contribution in [0.25, 0.3) is 0 Å². The predicted octanol–water partition coefficient (Wildman–Crippen LogP) is 1.38. The first-order valence-corrected chi connectivity index (χ1v) is 11.7. The Morgan fingerprint density at radius 3 is 2.38 bits per heavy atom. The molecule has 0 bridgehead atoms. The Labute approximate surface area is 169 Å². The third-order valence-corrected chi connectivity index (χ3v) is 7.36. The van der Waals surface area contributed by atoms with E-state index in [0.717, 1.165) is 12.8 Å². The van der Waals surface area contributed by atoms with Gasteiger partial charge in [0.15, 0.2) is 0 Å². The van der Waals surface area contributed by atoms with Crippen molar-refractivity contribution in [2.45, 2.75) is 22.6 Å². The zero-order valence-electron chi connectivity index (χ0n) is 15.7. The van der Waals surface area contributed by atoms with Gasteiger partial charge in [0.2, 0.25) is 20.0 Å². The number of methoxy groups -OCH3 is 1. The molecule has 1 saturated heterocycles. The maximum atomic E-state index is 12.9. The number of nitrogens with one attached hydrogen (secondary N) is 1. The zero-order valence-corrected chi connectivity index (χ0v) is 17.3. The SMILES string of the molecule is COc1ccc(C(=O)Nc2cccc(S(N)(=O)=O)c2)cc1S(=O)(=O)N1CCCC1. The van der Waals surface area contributed by atoms with Crippen molar-refractivity contribution in [3.8, 4) is 5.75 Å². The molecule has 2 aromatic rings. The van der Waals surface area contributed by atoms with Crippen molar-refractivity contribution in [2.75, 3.05) is 25.5 Å². The quantitative estimate of drug-likeness (QED) is 0.698. The molecule has 3 N–H and O–H groups in total. The minimum Gasteiger partial charge on any atom is -0.495 e. The molecule has 2 aromatic carbocycles. The van der Waals surface area contributed by atoms with E-state index < -0.39 is 26.0 Å². The number of ether oxygens (including phenoxy) is 1. The maximum Gasteiger partial charge on any atom is 0.255 e. The number of nitrogens with zero attached hydrogens (tertiary/aromatic N) is 1. The summed E-state index contributed by atoms with van der Waals surface area (Å²) < 4.78 is 55.4. The normalized spacial score (nSPS) is 15.2. The van der Waals surface area contributed by atoms with Crippen LogP contribution in [-0.4, -0.2) is 47.2 Å². The summed E-state index contributed by atoms with van der Waals surface area (Å²) in [6, 6.07) is 9.56. The first kappa shape index (κ1) is 21.2. The summed E-state index contributed by atoms with van der Waals surface area (Å²) in [6.45, 7) is 0.838. The van der Waals surface area contributed by atoms with Crippen molar-refractivity contribution in [3.05, 3.63) is 48.0 Å². The summed E-state index contributed by atoms with van der Waals surface area (Å²) in [6.07, 6.45) is 1.56. The van der Waals surface area contributed by atoms with Gasteiger partial charge in [0.1, 0.15) is 10.6 Å². The van der Waals surface area contributed by atoms with Crippen molar-refractivity contribution in [2.24, 2.45) is 5.14 Å². The lowest BCUT2D eigenvalue weighted by Gasteiger charge is -2.18. The highest BCUT2D eigenvalue weighted by molar-refractivity contribution is 7.89. The summed E-state index contributed by atoms with van der Waals surface area (Å²) in [5.41, 5.74) is 0.297. The number of hydrogen-bond donors (Lipinski definition) is 2. The van der Waals surface area contributed by atoms with Crippen LogP contribution in [0.3, 0.4) is 0 Å². The average molecular weight is 440 g/mol. The van der Waals surface area contributed by atoms with Gasteiger partial charge in [-0.25, -0.2) is 22.0 Å². The van der Waals surface area contributed by atoms with Crippen molar-refractivity contribution < 1.29 is 26.4 Å².